The summed E-state index contributed by atoms with van der Waals surface area (Å²) < 4.78 is 15.2. The first-order valence-corrected chi connectivity index (χ1v) is 7.45. The van der Waals surface area contributed by atoms with E-state index in [1.54, 1.807) is 12.1 Å². The molecule has 0 bridgehead atoms. The number of carbonyl (C=O) groups excluding carboxylic acids is 1. The average molecular weight is 323 g/mol. The van der Waals surface area contributed by atoms with Crippen molar-refractivity contribution in [2.45, 2.75) is 0 Å². The van der Waals surface area contributed by atoms with E-state index in [0.29, 0.717) is 0 Å². The highest BCUT2D eigenvalue weighted by atomic mass is 16.6. The molecule has 0 aliphatic heterocycles. The second-order valence-electron chi connectivity index (χ2n) is 5.17. The van der Waals surface area contributed by atoms with E-state index in [0.717, 1.165) is 16.6 Å². The molecule has 5 heteroatoms. The summed E-state index contributed by atoms with van der Waals surface area (Å²) in [4.78, 5) is 16.0. The Hall–Kier alpha value is -2.92. The maximum Gasteiger partial charge on any atom is 0.337 e. The first-order chi connectivity index (χ1) is 11.7. The minimum absolute atomic E-state index is 0.129. The van der Waals surface area contributed by atoms with Crippen LogP contribution < -0.4 is 9.47 Å². The SMILES string of the molecule is COCC(=O)Oc1ccc(-c2ccc3ccccc3c2)nc1OC. The molecule has 24 heavy (non-hydrogen) atoms. The first kappa shape index (κ1) is 16.0. The van der Waals surface area contributed by atoms with Gasteiger partial charge in [0.1, 0.15) is 6.61 Å². The van der Waals surface area contributed by atoms with Gasteiger partial charge in [-0.05, 0) is 29.0 Å². The molecule has 0 fully saturated rings. The van der Waals surface area contributed by atoms with Gasteiger partial charge in [-0.2, -0.15) is 0 Å². The van der Waals surface area contributed by atoms with E-state index in [4.69, 9.17) is 14.2 Å². The number of benzene rings is 2. The van der Waals surface area contributed by atoms with Crippen molar-refractivity contribution in [2.75, 3.05) is 20.8 Å². The molecule has 122 valence electrons. The minimum Gasteiger partial charge on any atom is -0.478 e. The molecule has 0 unspecified atom stereocenters. The third-order valence-electron chi connectivity index (χ3n) is 3.55. The smallest absolute Gasteiger partial charge is 0.337 e. The van der Waals surface area contributed by atoms with Gasteiger partial charge in [-0.3, -0.25) is 0 Å². The van der Waals surface area contributed by atoms with E-state index in [9.17, 15) is 4.79 Å². The summed E-state index contributed by atoms with van der Waals surface area (Å²) >= 11 is 0. The van der Waals surface area contributed by atoms with E-state index >= 15 is 0 Å². The van der Waals surface area contributed by atoms with E-state index in [1.165, 1.54) is 19.6 Å². The molecule has 1 heterocycles. The Balaban J connectivity index is 1.94. The molecule has 0 atom stereocenters. The maximum absolute atomic E-state index is 11.6. The van der Waals surface area contributed by atoms with Crippen LogP contribution in [-0.2, 0) is 9.53 Å². The van der Waals surface area contributed by atoms with Crippen LogP contribution >= 0.6 is 0 Å². The minimum atomic E-state index is -0.504. The normalized spacial score (nSPS) is 10.6. The zero-order valence-corrected chi connectivity index (χ0v) is 13.5. The molecular formula is C19H17NO4. The summed E-state index contributed by atoms with van der Waals surface area (Å²) in [6.45, 7) is -0.129. The summed E-state index contributed by atoms with van der Waals surface area (Å²) in [6, 6.07) is 17.7. The molecule has 0 amide bonds. The maximum atomic E-state index is 11.6. The van der Waals surface area contributed by atoms with Crippen LogP contribution in [0.2, 0.25) is 0 Å². The number of nitrogens with zero attached hydrogens (tertiary/aromatic N) is 1. The number of methoxy groups -OCH3 is 2. The number of rotatable bonds is 5. The van der Waals surface area contributed by atoms with Gasteiger partial charge in [0, 0.05) is 12.7 Å². The van der Waals surface area contributed by atoms with Gasteiger partial charge in [-0.1, -0.05) is 36.4 Å². The fourth-order valence-corrected chi connectivity index (χ4v) is 2.43. The van der Waals surface area contributed by atoms with Gasteiger partial charge in [0.05, 0.1) is 12.8 Å². The Morgan fingerprint density at radius 3 is 2.54 bits per heavy atom. The molecule has 0 saturated carbocycles. The summed E-state index contributed by atoms with van der Waals surface area (Å²) in [6.07, 6.45) is 0. The van der Waals surface area contributed by atoms with Gasteiger partial charge in [0.2, 0.25) is 0 Å². The van der Waals surface area contributed by atoms with Crippen LogP contribution in [0.5, 0.6) is 11.6 Å². The van der Waals surface area contributed by atoms with Crippen molar-refractivity contribution < 1.29 is 19.0 Å². The Labute approximate surface area is 139 Å². The van der Waals surface area contributed by atoms with Crippen molar-refractivity contribution in [1.82, 2.24) is 4.98 Å². The van der Waals surface area contributed by atoms with E-state index in [2.05, 4.69) is 23.2 Å². The molecular weight excluding hydrogens is 306 g/mol. The second kappa shape index (κ2) is 7.10. The molecule has 0 spiro atoms. The van der Waals surface area contributed by atoms with Crippen LogP contribution in [0, 0.1) is 0 Å². The number of carbonyl (C=O) groups is 1. The number of hydrogen-bond acceptors (Lipinski definition) is 5. The molecule has 3 aromatic rings. The van der Waals surface area contributed by atoms with Crippen LogP contribution in [0.3, 0.4) is 0 Å². The molecule has 5 nitrogen and oxygen atoms in total. The Morgan fingerprint density at radius 1 is 1.00 bits per heavy atom. The Bertz CT molecular complexity index is 876. The topological polar surface area (TPSA) is 57.7 Å². The van der Waals surface area contributed by atoms with Crippen molar-refractivity contribution in [2.24, 2.45) is 0 Å². The lowest BCUT2D eigenvalue weighted by molar-refractivity contribution is -0.138. The lowest BCUT2D eigenvalue weighted by atomic mass is 10.0. The lowest BCUT2D eigenvalue weighted by Gasteiger charge is -2.10. The zero-order valence-electron chi connectivity index (χ0n) is 13.5. The van der Waals surface area contributed by atoms with E-state index in [1.807, 2.05) is 24.3 Å². The van der Waals surface area contributed by atoms with Gasteiger partial charge in [-0.25, -0.2) is 9.78 Å². The molecule has 3 rings (SSSR count). The van der Waals surface area contributed by atoms with E-state index < -0.39 is 5.97 Å². The number of pyridine rings is 1. The summed E-state index contributed by atoms with van der Waals surface area (Å²) in [5, 5.41) is 2.30. The molecule has 0 N–H and O–H groups in total. The fourth-order valence-electron chi connectivity index (χ4n) is 2.43. The Morgan fingerprint density at radius 2 is 1.79 bits per heavy atom. The standard InChI is InChI=1S/C19H17NO4/c1-22-12-18(21)24-17-10-9-16(20-19(17)23-2)15-8-7-13-5-3-4-6-14(13)11-15/h3-11H,12H2,1-2H3. The Kier molecular flexibility index (Phi) is 4.72. The second-order valence-corrected chi connectivity index (χ2v) is 5.17. The number of hydrogen-bond donors (Lipinski definition) is 0. The molecule has 0 radical (unpaired) electrons. The van der Waals surface area contributed by atoms with Gasteiger partial charge >= 0.3 is 5.97 Å². The van der Waals surface area contributed by atoms with E-state index in [-0.39, 0.29) is 18.2 Å². The number of aromatic nitrogens is 1. The highest BCUT2D eigenvalue weighted by molar-refractivity contribution is 5.86. The van der Waals surface area contributed by atoms with Crippen LogP contribution in [-0.4, -0.2) is 31.8 Å². The van der Waals surface area contributed by atoms with Crippen LogP contribution in [0.1, 0.15) is 0 Å². The van der Waals surface area contributed by atoms with Crippen molar-refractivity contribution in [3.8, 4) is 22.9 Å². The molecule has 2 aromatic carbocycles. The van der Waals surface area contributed by atoms with Gasteiger partial charge in [-0.15, -0.1) is 0 Å². The third-order valence-corrected chi connectivity index (χ3v) is 3.55. The number of esters is 1. The molecule has 0 aliphatic rings. The predicted molar refractivity (Wildman–Crippen MR) is 91.2 cm³/mol. The highest BCUT2D eigenvalue weighted by Crippen LogP contribution is 2.30. The molecule has 0 saturated heterocycles. The van der Waals surface area contributed by atoms with Gasteiger partial charge < -0.3 is 14.2 Å². The van der Waals surface area contributed by atoms with Gasteiger partial charge in [0.15, 0.2) is 5.75 Å². The summed E-state index contributed by atoms with van der Waals surface area (Å²) in [5.41, 5.74) is 1.70. The number of fused-ring (bicyclic) bond motifs is 1. The monoisotopic (exact) mass is 323 g/mol. The fraction of sp³-hybridized carbons (Fsp3) is 0.158. The van der Waals surface area contributed by atoms with Crippen molar-refractivity contribution in [3.05, 3.63) is 54.6 Å². The summed E-state index contributed by atoms with van der Waals surface area (Å²) in [7, 11) is 2.92. The average Bonchev–Trinajstić information content (AvgIpc) is 2.62. The largest absolute Gasteiger partial charge is 0.478 e. The molecule has 0 aliphatic carbocycles. The quantitative estimate of drug-likeness (QED) is 0.673. The van der Waals surface area contributed by atoms with Crippen molar-refractivity contribution >= 4 is 16.7 Å². The highest BCUT2D eigenvalue weighted by Gasteiger charge is 2.13. The molecule has 1 aromatic heterocycles. The van der Waals surface area contributed by atoms with Crippen LogP contribution in [0.15, 0.2) is 54.6 Å². The number of ether oxygens (including phenoxy) is 3. The van der Waals surface area contributed by atoms with Crippen LogP contribution in [0.4, 0.5) is 0 Å². The predicted octanol–water partition coefficient (Wildman–Crippen LogP) is 3.46. The van der Waals surface area contributed by atoms with Crippen molar-refractivity contribution in [1.29, 1.82) is 0 Å². The lowest BCUT2D eigenvalue weighted by Crippen LogP contribution is -2.15. The first-order valence-electron chi connectivity index (χ1n) is 7.45. The third kappa shape index (κ3) is 3.36. The summed E-state index contributed by atoms with van der Waals surface area (Å²) in [5.74, 6) is 0.0188. The van der Waals surface area contributed by atoms with Crippen LogP contribution in [0.25, 0.3) is 22.0 Å². The van der Waals surface area contributed by atoms with Gasteiger partial charge in [0.25, 0.3) is 5.88 Å². The zero-order chi connectivity index (χ0) is 16.9. The van der Waals surface area contributed by atoms with Crippen molar-refractivity contribution in [3.63, 3.8) is 0 Å².